The van der Waals surface area contributed by atoms with Gasteiger partial charge in [-0.2, -0.15) is 13.9 Å². The lowest BCUT2D eigenvalue weighted by Crippen LogP contribution is -2.33. The molecule has 6 rings (SSSR count). The molecule has 3 aromatic heterocycles. The first-order chi connectivity index (χ1) is 19.0. The Morgan fingerprint density at radius 3 is 2.62 bits per heavy atom. The van der Waals surface area contributed by atoms with Gasteiger partial charge in [-0.3, -0.25) is 4.79 Å². The Hall–Kier alpha value is -3.31. The molecule has 2 saturated carbocycles. The fourth-order valence-corrected chi connectivity index (χ4v) is 5.19. The van der Waals surface area contributed by atoms with Gasteiger partial charge in [-0.05, 0) is 75.5 Å². The van der Waals surface area contributed by atoms with Gasteiger partial charge < -0.3 is 24.3 Å². The van der Waals surface area contributed by atoms with Gasteiger partial charge in [0.2, 0.25) is 11.8 Å². The molecule has 39 heavy (non-hydrogen) atoms. The van der Waals surface area contributed by atoms with Crippen LogP contribution in [0.4, 0.5) is 14.6 Å². The minimum Gasteiger partial charge on any atom is -0.488 e. The Morgan fingerprint density at radius 1 is 1.05 bits per heavy atom. The number of nitrogens with zero attached hydrogens (tertiary/aromatic N) is 3. The molecule has 0 aromatic carbocycles. The number of amides is 1. The smallest absolute Gasteiger partial charge is 0.388 e. The Bertz CT molecular complexity index is 1300. The average Bonchev–Trinajstić information content (AvgIpc) is 3.71. The van der Waals surface area contributed by atoms with Crippen molar-refractivity contribution in [1.82, 2.24) is 14.6 Å². The highest BCUT2D eigenvalue weighted by Gasteiger charge is 2.30. The van der Waals surface area contributed by atoms with Crippen LogP contribution in [-0.2, 0) is 14.3 Å². The number of rotatable bonds is 9. The van der Waals surface area contributed by atoms with Gasteiger partial charge in [-0.1, -0.05) is 0 Å². The number of halogens is 2. The number of aromatic nitrogens is 3. The maximum Gasteiger partial charge on any atom is 0.388 e. The van der Waals surface area contributed by atoms with Crippen molar-refractivity contribution >= 4 is 17.2 Å². The number of fused-ring (bicyclic) bond motifs is 1. The van der Waals surface area contributed by atoms with Crippen molar-refractivity contribution in [2.24, 2.45) is 5.92 Å². The second-order valence-electron chi connectivity index (χ2n) is 10.4. The second-order valence-corrected chi connectivity index (χ2v) is 10.4. The molecule has 9 nitrogen and oxygen atoms in total. The number of hydrogen-bond donors (Lipinski definition) is 1. The van der Waals surface area contributed by atoms with Crippen LogP contribution in [-0.4, -0.2) is 52.2 Å². The SMILES string of the molecule is O=C(Nc1cc2cc(-c3cc(OC(F)F)ncc3OC3CCC(OC4CCCCO4)CC3)ccn2n1)C1CC1. The van der Waals surface area contributed by atoms with Crippen LogP contribution in [0.25, 0.3) is 16.6 Å². The van der Waals surface area contributed by atoms with Gasteiger partial charge in [0.15, 0.2) is 12.1 Å². The first-order valence-corrected chi connectivity index (χ1v) is 13.7. The van der Waals surface area contributed by atoms with E-state index in [0.29, 0.717) is 17.1 Å². The Labute approximate surface area is 224 Å². The molecule has 1 atom stereocenters. The van der Waals surface area contributed by atoms with Gasteiger partial charge >= 0.3 is 6.61 Å². The van der Waals surface area contributed by atoms with E-state index in [1.165, 1.54) is 12.3 Å². The minimum atomic E-state index is -2.99. The van der Waals surface area contributed by atoms with Crippen molar-refractivity contribution in [3.8, 4) is 22.8 Å². The molecule has 11 heteroatoms. The number of carbonyl (C=O) groups is 1. The zero-order valence-corrected chi connectivity index (χ0v) is 21.6. The van der Waals surface area contributed by atoms with Crippen molar-refractivity contribution in [2.45, 2.75) is 82.9 Å². The lowest BCUT2D eigenvalue weighted by Gasteiger charge is -2.33. The van der Waals surface area contributed by atoms with E-state index in [4.69, 9.17) is 14.2 Å². The third kappa shape index (κ3) is 6.47. The van der Waals surface area contributed by atoms with Crippen molar-refractivity contribution in [2.75, 3.05) is 11.9 Å². The molecule has 0 bridgehead atoms. The third-order valence-electron chi connectivity index (χ3n) is 7.42. The normalized spacial score (nSPS) is 23.6. The van der Waals surface area contributed by atoms with Gasteiger partial charge in [0.1, 0.15) is 5.75 Å². The van der Waals surface area contributed by atoms with Crippen molar-refractivity contribution in [3.63, 3.8) is 0 Å². The summed E-state index contributed by atoms with van der Waals surface area (Å²) in [5.74, 6) is 0.806. The molecule has 1 aliphatic heterocycles. The number of alkyl halides is 2. The van der Waals surface area contributed by atoms with Gasteiger partial charge in [0.25, 0.3) is 0 Å². The van der Waals surface area contributed by atoms with E-state index in [0.717, 1.165) is 75.5 Å². The molecule has 0 spiro atoms. The molecular weight excluding hydrogens is 510 g/mol. The Morgan fingerprint density at radius 2 is 1.87 bits per heavy atom. The van der Waals surface area contributed by atoms with Gasteiger partial charge in [-0.25, -0.2) is 9.50 Å². The van der Waals surface area contributed by atoms with Gasteiger partial charge in [0, 0.05) is 36.4 Å². The van der Waals surface area contributed by atoms with Crippen LogP contribution in [0.1, 0.15) is 57.8 Å². The maximum atomic E-state index is 12.9. The van der Waals surface area contributed by atoms with Crippen molar-refractivity contribution in [3.05, 3.63) is 36.7 Å². The number of pyridine rings is 2. The molecule has 3 aliphatic rings. The molecule has 1 N–H and O–H groups in total. The summed E-state index contributed by atoms with van der Waals surface area (Å²) < 4.78 is 50.4. The summed E-state index contributed by atoms with van der Waals surface area (Å²) in [7, 11) is 0. The number of carbonyl (C=O) groups excluding carboxylic acids is 1. The minimum absolute atomic E-state index is 0.0244. The van der Waals surface area contributed by atoms with Gasteiger partial charge in [0.05, 0.1) is 23.9 Å². The zero-order valence-electron chi connectivity index (χ0n) is 21.6. The van der Waals surface area contributed by atoms with E-state index >= 15 is 0 Å². The first-order valence-electron chi connectivity index (χ1n) is 13.7. The highest BCUT2D eigenvalue weighted by atomic mass is 19.3. The number of hydrogen-bond acceptors (Lipinski definition) is 7. The monoisotopic (exact) mass is 542 g/mol. The molecule has 0 radical (unpaired) electrons. The first kappa shape index (κ1) is 25.9. The third-order valence-corrected chi connectivity index (χ3v) is 7.42. The topological polar surface area (TPSA) is 96.2 Å². The fraction of sp³-hybridized carbons (Fsp3) is 0.536. The van der Waals surface area contributed by atoms with Gasteiger partial charge in [-0.15, -0.1) is 0 Å². The van der Waals surface area contributed by atoms with Crippen LogP contribution < -0.4 is 14.8 Å². The number of anilines is 1. The molecule has 1 saturated heterocycles. The highest BCUT2D eigenvalue weighted by molar-refractivity contribution is 5.93. The summed E-state index contributed by atoms with van der Waals surface area (Å²) in [6.45, 7) is -2.23. The fourth-order valence-electron chi connectivity index (χ4n) is 5.19. The van der Waals surface area contributed by atoms with E-state index in [2.05, 4.69) is 20.1 Å². The van der Waals surface area contributed by atoms with E-state index in [1.54, 1.807) is 16.8 Å². The number of ether oxygens (including phenoxy) is 4. The van der Waals surface area contributed by atoms with Crippen LogP contribution in [0.3, 0.4) is 0 Å². The van der Waals surface area contributed by atoms with Crippen LogP contribution in [0.5, 0.6) is 11.6 Å². The maximum absolute atomic E-state index is 12.9. The molecule has 4 heterocycles. The Balaban J connectivity index is 1.18. The summed E-state index contributed by atoms with van der Waals surface area (Å²) in [5.41, 5.74) is 2.05. The molecule has 1 unspecified atom stereocenters. The average molecular weight is 543 g/mol. The summed E-state index contributed by atoms with van der Waals surface area (Å²) in [6.07, 6.45) is 11.5. The van der Waals surface area contributed by atoms with E-state index in [1.807, 2.05) is 12.1 Å². The quantitative estimate of drug-likeness (QED) is 0.377. The Kier molecular flexibility index (Phi) is 7.60. The lowest BCUT2D eigenvalue weighted by atomic mass is 9.94. The molecule has 1 amide bonds. The molecule has 3 fully saturated rings. The lowest BCUT2D eigenvalue weighted by molar-refractivity contribution is -0.195. The largest absolute Gasteiger partial charge is 0.488 e. The van der Waals surface area contributed by atoms with E-state index < -0.39 is 6.61 Å². The standard InChI is InChI=1S/C28H32F2N4O5/c29-28(30)39-25-15-22(18-10-11-34-19(13-18)14-24(33-34)32-27(35)17-4-5-17)23(16-31-25)37-20-6-8-21(9-7-20)38-26-3-1-2-12-36-26/h10-11,13-17,20-21,26,28H,1-9,12H2,(H,32,33,35). The van der Waals surface area contributed by atoms with Crippen LogP contribution in [0.2, 0.25) is 0 Å². The molecule has 208 valence electrons. The predicted molar refractivity (Wildman–Crippen MR) is 138 cm³/mol. The van der Waals surface area contributed by atoms with Crippen molar-refractivity contribution in [1.29, 1.82) is 0 Å². The van der Waals surface area contributed by atoms with Crippen LogP contribution in [0, 0.1) is 5.92 Å². The zero-order chi connectivity index (χ0) is 26.8. The highest BCUT2D eigenvalue weighted by Crippen LogP contribution is 2.36. The van der Waals surface area contributed by atoms with E-state index in [9.17, 15) is 13.6 Å². The number of nitrogens with one attached hydrogen (secondary N) is 1. The summed E-state index contributed by atoms with van der Waals surface area (Å²) in [4.78, 5) is 16.2. The second kappa shape index (κ2) is 11.4. The van der Waals surface area contributed by atoms with E-state index in [-0.39, 0.29) is 36.2 Å². The molecule has 2 aliphatic carbocycles. The van der Waals surface area contributed by atoms with Crippen LogP contribution in [0.15, 0.2) is 36.7 Å². The van der Waals surface area contributed by atoms with Crippen LogP contribution >= 0.6 is 0 Å². The molecular formula is C28H32F2N4O5. The summed E-state index contributed by atoms with van der Waals surface area (Å²) in [6, 6.07) is 6.92. The summed E-state index contributed by atoms with van der Waals surface area (Å²) >= 11 is 0. The summed E-state index contributed by atoms with van der Waals surface area (Å²) in [5, 5.41) is 7.27. The predicted octanol–water partition coefficient (Wildman–Crippen LogP) is 5.58. The molecule has 3 aromatic rings. The van der Waals surface area contributed by atoms with Crippen molar-refractivity contribution < 1.29 is 32.5 Å².